The van der Waals surface area contributed by atoms with Crippen molar-refractivity contribution >= 4 is 23.6 Å². The van der Waals surface area contributed by atoms with Gasteiger partial charge in [-0.1, -0.05) is 30.3 Å². The standard InChI is InChI=1S/C15H19NO4S/c1-20-15(19)13-7-12(17)8-16(13)14(18)10-21-9-11-5-3-2-4-6-11/h2-6,12-13,17H,7-10H2,1H3. The van der Waals surface area contributed by atoms with Crippen LogP contribution < -0.4 is 0 Å². The third kappa shape index (κ3) is 4.22. The lowest BCUT2D eigenvalue weighted by atomic mass is 10.2. The van der Waals surface area contributed by atoms with Crippen molar-refractivity contribution in [3.8, 4) is 0 Å². The van der Waals surface area contributed by atoms with Crippen LogP contribution in [-0.4, -0.2) is 53.4 Å². The Morgan fingerprint density at radius 3 is 2.76 bits per heavy atom. The first-order valence-electron chi connectivity index (χ1n) is 6.79. The third-order valence-electron chi connectivity index (χ3n) is 3.41. The Balaban J connectivity index is 1.85. The van der Waals surface area contributed by atoms with E-state index in [4.69, 9.17) is 0 Å². The quantitative estimate of drug-likeness (QED) is 0.824. The van der Waals surface area contributed by atoms with Crippen LogP contribution in [-0.2, 0) is 20.1 Å². The molecule has 1 fully saturated rings. The van der Waals surface area contributed by atoms with Crippen molar-refractivity contribution in [2.24, 2.45) is 0 Å². The first kappa shape index (κ1) is 15.9. The Labute approximate surface area is 128 Å². The van der Waals surface area contributed by atoms with Crippen LogP contribution in [0.3, 0.4) is 0 Å². The van der Waals surface area contributed by atoms with Crippen LogP contribution in [0.1, 0.15) is 12.0 Å². The van der Waals surface area contributed by atoms with Gasteiger partial charge in [-0.2, -0.15) is 0 Å². The lowest BCUT2D eigenvalue weighted by molar-refractivity contribution is -0.150. The van der Waals surface area contributed by atoms with Crippen molar-refractivity contribution in [1.29, 1.82) is 0 Å². The van der Waals surface area contributed by atoms with E-state index in [9.17, 15) is 14.7 Å². The zero-order valence-corrected chi connectivity index (χ0v) is 12.7. The average Bonchev–Trinajstić information content (AvgIpc) is 2.89. The third-order valence-corrected chi connectivity index (χ3v) is 4.40. The topological polar surface area (TPSA) is 66.8 Å². The molecule has 1 aliphatic rings. The number of esters is 1. The Hall–Kier alpha value is -1.53. The van der Waals surface area contributed by atoms with Gasteiger partial charge in [-0.25, -0.2) is 4.79 Å². The van der Waals surface area contributed by atoms with Crippen LogP contribution >= 0.6 is 11.8 Å². The summed E-state index contributed by atoms with van der Waals surface area (Å²) in [6, 6.07) is 9.23. The molecule has 0 bridgehead atoms. The van der Waals surface area contributed by atoms with Gasteiger partial charge in [0.1, 0.15) is 6.04 Å². The number of rotatable bonds is 5. The van der Waals surface area contributed by atoms with Crippen LogP contribution in [0.4, 0.5) is 0 Å². The second-order valence-corrected chi connectivity index (χ2v) is 5.94. The number of aliphatic hydroxyl groups is 1. The minimum atomic E-state index is -0.658. The molecule has 6 heteroatoms. The smallest absolute Gasteiger partial charge is 0.328 e. The van der Waals surface area contributed by atoms with Gasteiger partial charge in [-0.15, -0.1) is 11.8 Å². The Morgan fingerprint density at radius 2 is 2.10 bits per heavy atom. The van der Waals surface area contributed by atoms with Gasteiger partial charge < -0.3 is 14.7 Å². The molecule has 21 heavy (non-hydrogen) atoms. The lowest BCUT2D eigenvalue weighted by Gasteiger charge is -2.22. The highest BCUT2D eigenvalue weighted by Gasteiger charge is 2.39. The van der Waals surface area contributed by atoms with Crippen molar-refractivity contribution in [1.82, 2.24) is 4.90 Å². The molecule has 0 radical (unpaired) electrons. The number of methoxy groups -OCH3 is 1. The molecule has 1 amide bonds. The van der Waals surface area contributed by atoms with Gasteiger partial charge in [0.05, 0.1) is 19.0 Å². The number of nitrogens with zero attached hydrogens (tertiary/aromatic N) is 1. The summed E-state index contributed by atoms with van der Waals surface area (Å²) in [5, 5.41) is 9.66. The number of ether oxygens (including phenoxy) is 1. The fourth-order valence-electron chi connectivity index (χ4n) is 2.36. The molecule has 1 aromatic rings. The molecule has 2 unspecified atom stereocenters. The van der Waals surface area contributed by atoms with Crippen LogP contribution in [0.15, 0.2) is 30.3 Å². The van der Waals surface area contributed by atoms with Gasteiger partial charge in [0.25, 0.3) is 0 Å². The highest BCUT2D eigenvalue weighted by molar-refractivity contribution is 7.99. The average molecular weight is 309 g/mol. The van der Waals surface area contributed by atoms with Crippen molar-refractivity contribution < 1.29 is 19.4 Å². The van der Waals surface area contributed by atoms with E-state index in [2.05, 4.69) is 4.74 Å². The molecule has 1 aromatic carbocycles. The maximum Gasteiger partial charge on any atom is 0.328 e. The molecular weight excluding hydrogens is 290 g/mol. The SMILES string of the molecule is COC(=O)C1CC(O)CN1C(=O)CSCc1ccccc1. The summed E-state index contributed by atoms with van der Waals surface area (Å²) in [5.41, 5.74) is 1.15. The number of thioether (sulfide) groups is 1. The summed E-state index contributed by atoms with van der Waals surface area (Å²) in [5.74, 6) is 0.428. The Kier molecular flexibility index (Phi) is 5.64. The van der Waals surface area contributed by atoms with E-state index in [-0.39, 0.29) is 24.6 Å². The van der Waals surface area contributed by atoms with Crippen molar-refractivity contribution in [2.75, 3.05) is 19.4 Å². The molecule has 2 atom stereocenters. The molecule has 1 N–H and O–H groups in total. The molecule has 114 valence electrons. The Bertz CT molecular complexity index is 494. The molecular formula is C15H19NO4S. The number of β-amino-alcohol motifs (C(OH)–C–C–N with tert-alkyl or cyclic N) is 1. The maximum atomic E-state index is 12.2. The molecule has 0 saturated carbocycles. The monoisotopic (exact) mass is 309 g/mol. The van der Waals surface area contributed by atoms with E-state index in [0.29, 0.717) is 0 Å². The molecule has 1 aliphatic heterocycles. The van der Waals surface area contributed by atoms with Crippen molar-refractivity contribution in [2.45, 2.75) is 24.3 Å². The number of carbonyl (C=O) groups excluding carboxylic acids is 2. The van der Waals surface area contributed by atoms with Gasteiger partial charge in [0.2, 0.25) is 5.91 Å². The largest absolute Gasteiger partial charge is 0.467 e. The molecule has 2 rings (SSSR count). The summed E-state index contributed by atoms with van der Waals surface area (Å²) in [7, 11) is 1.29. The number of likely N-dealkylation sites (tertiary alicyclic amines) is 1. The van der Waals surface area contributed by atoms with E-state index in [1.165, 1.54) is 23.8 Å². The number of aliphatic hydroxyl groups excluding tert-OH is 1. The minimum Gasteiger partial charge on any atom is -0.467 e. The summed E-state index contributed by atoms with van der Waals surface area (Å²) in [6.07, 6.45) is -0.404. The zero-order chi connectivity index (χ0) is 15.2. The summed E-state index contributed by atoms with van der Waals surface area (Å²) in [6.45, 7) is 0.199. The molecule has 0 aromatic heterocycles. The van der Waals surface area contributed by atoms with Crippen LogP contribution in [0.25, 0.3) is 0 Å². The zero-order valence-electron chi connectivity index (χ0n) is 11.9. The summed E-state index contributed by atoms with van der Waals surface area (Å²) < 4.78 is 4.69. The van der Waals surface area contributed by atoms with E-state index in [1.807, 2.05) is 30.3 Å². The lowest BCUT2D eigenvalue weighted by Crippen LogP contribution is -2.42. The summed E-state index contributed by atoms with van der Waals surface area (Å²) >= 11 is 1.50. The normalized spacial score (nSPS) is 21.3. The molecule has 1 saturated heterocycles. The van der Waals surface area contributed by atoms with Gasteiger partial charge in [0.15, 0.2) is 0 Å². The summed E-state index contributed by atoms with van der Waals surface area (Å²) in [4.78, 5) is 25.3. The van der Waals surface area contributed by atoms with Gasteiger partial charge in [0, 0.05) is 18.7 Å². The van der Waals surface area contributed by atoms with Crippen molar-refractivity contribution in [3.05, 3.63) is 35.9 Å². The van der Waals surface area contributed by atoms with Crippen LogP contribution in [0.5, 0.6) is 0 Å². The number of hydrogen-bond acceptors (Lipinski definition) is 5. The second kappa shape index (κ2) is 7.47. The van der Waals surface area contributed by atoms with Gasteiger partial charge >= 0.3 is 5.97 Å². The highest BCUT2D eigenvalue weighted by Crippen LogP contribution is 2.21. The van der Waals surface area contributed by atoms with Gasteiger partial charge in [-0.05, 0) is 5.56 Å². The predicted molar refractivity (Wildman–Crippen MR) is 80.7 cm³/mol. The van der Waals surface area contributed by atoms with E-state index in [0.717, 1.165) is 11.3 Å². The van der Waals surface area contributed by atoms with Gasteiger partial charge in [-0.3, -0.25) is 4.79 Å². The van der Waals surface area contributed by atoms with Crippen molar-refractivity contribution in [3.63, 3.8) is 0 Å². The fraction of sp³-hybridized carbons (Fsp3) is 0.467. The van der Waals surface area contributed by atoms with E-state index < -0.39 is 18.1 Å². The van der Waals surface area contributed by atoms with E-state index in [1.54, 1.807) is 0 Å². The van der Waals surface area contributed by atoms with Crippen LogP contribution in [0.2, 0.25) is 0 Å². The van der Waals surface area contributed by atoms with Crippen LogP contribution in [0, 0.1) is 0 Å². The number of benzene rings is 1. The van der Waals surface area contributed by atoms with E-state index >= 15 is 0 Å². The minimum absolute atomic E-state index is 0.136. The predicted octanol–water partition coefficient (Wildman–Crippen LogP) is 1.05. The first-order chi connectivity index (χ1) is 10.1. The molecule has 5 nitrogen and oxygen atoms in total. The Morgan fingerprint density at radius 1 is 1.38 bits per heavy atom. The second-order valence-electron chi connectivity index (χ2n) is 4.95. The number of hydrogen-bond donors (Lipinski definition) is 1. The molecule has 0 aliphatic carbocycles. The number of carbonyl (C=O) groups is 2. The first-order valence-corrected chi connectivity index (χ1v) is 7.94. The molecule has 1 heterocycles. The highest BCUT2D eigenvalue weighted by atomic mass is 32.2. The fourth-order valence-corrected chi connectivity index (χ4v) is 3.23. The maximum absolute atomic E-state index is 12.2. The number of amides is 1. The molecule has 0 spiro atoms.